The minimum absolute atomic E-state index is 0.00464. The molecule has 4 nitrogen and oxygen atoms in total. The van der Waals surface area contributed by atoms with Crippen molar-refractivity contribution in [1.82, 2.24) is 0 Å². The molecule has 0 aliphatic carbocycles. The highest BCUT2D eigenvalue weighted by molar-refractivity contribution is 5.95. The molecule has 0 aromatic heterocycles. The number of ether oxygens (including phenoxy) is 1. The van der Waals surface area contributed by atoms with Crippen LogP contribution in [0.3, 0.4) is 0 Å². The summed E-state index contributed by atoms with van der Waals surface area (Å²) in [4.78, 5) is 11.6. The number of hydrogen-bond donors (Lipinski definition) is 2. The molecule has 4 heteroatoms. The van der Waals surface area contributed by atoms with Crippen molar-refractivity contribution < 1.29 is 14.6 Å². The Morgan fingerprint density at radius 3 is 2.81 bits per heavy atom. The molecule has 1 aromatic rings. The van der Waals surface area contributed by atoms with Crippen LogP contribution in [-0.2, 0) is 4.74 Å². The molecule has 88 valence electrons. The van der Waals surface area contributed by atoms with Crippen molar-refractivity contribution in [1.29, 1.82) is 0 Å². The van der Waals surface area contributed by atoms with Crippen molar-refractivity contribution in [3.63, 3.8) is 0 Å². The summed E-state index contributed by atoms with van der Waals surface area (Å²) < 4.78 is 5.04. The van der Waals surface area contributed by atoms with Gasteiger partial charge in [-0.25, -0.2) is 4.79 Å². The number of phenolic OH excluding ortho intramolecular Hbond substituents is 1. The van der Waals surface area contributed by atoms with Crippen LogP contribution in [0.5, 0.6) is 5.75 Å². The third-order valence-corrected chi connectivity index (χ3v) is 2.19. The summed E-state index contributed by atoms with van der Waals surface area (Å²) in [6, 6.07) is 4.22. The minimum Gasteiger partial charge on any atom is -0.508 e. The molecular weight excluding hydrogens is 206 g/mol. The molecule has 0 saturated heterocycles. The summed E-state index contributed by atoms with van der Waals surface area (Å²) >= 11 is 0. The van der Waals surface area contributed by atoms with E-state index in [-0.39, 0.29) is 11.3 Å². The van der Waals surface area contributed by atoms with E-state index in [4.69, 9.17) is 10.5 Å². The third kappa shape index (κ3) is 3.46. The lowest BCUT2D eigenvalue weighted by Gasteiger charge is -2.08. The van der Waals surface area contributed by atoms with Crippen LogP contribution < -0.4 is 5.73 Å². The van der Waals surface area contributed by atoms with Gasteiger partial charge in [-0.1, -0.05) is 13.8 Å². The van der Waals surface area contributed by atoms with Gasteiger partial charge in [-0.15, -0.1) is 0 Å². The van der Waals surface area contributed by atoms with Crippen molar-refractivity contribution in [3.8, 4) is 5.75 Å². The summed E-state index contributed by atoms with van der Waals surface area (Å²) in [5.74, 6) is -0.00613. The molecule has 0 heterocycles. The molecule has 1 rings (SSSR count). The van der Waals surface area contributed by atoms with E-state index in [0.29, 0.717) is 18.2 Å². The van der Waals surface area contributed by atoms with Gasteiger partial charge >= 0.3 is 5.97 Å². The molecule has 0 amide bonds. The topological polar surface area (TPSA) is 72.5 Å². The van der Waals surface area contributed by atoms with E-state index in [2.05, 4.69) is 13.8 Å². The number of rotatable bonds is 4. The number of nitrogens with two attached hydrogens (primary N) is 1. The van der Waals surface area contributed by atoms with Crippen molar-refractivity contribution >= 4 is 11.7 Å². The molecule has 0 unspecified atom stereocenters. The first-order valence-corrected chi connectivity index (χ1v) is 5.26. The summed E-state index contributed by atoms with van der Waals surface area (Å²) in [6.07, 6.45) is 0.810. The van der Waals surface area contributed by atoms with E-state index in [9.17, 15) is 9.90 Å². The zero-order valence-electron chi connectivity index (χ0n) is 9.56. The fourth-order valence-corrected chi connectivity index (χ4v) is 1.19. The molecule has 0 saturated carbocycles. The summed E-state index contributed by atoms with van der Waals surface area (Å²) in [5, 5.41) is 9.24. The van der Waals surface area contributed by atoms with E-state index in [0.717, 1.165) is 6.42 Å². The summed E-state index contributed by atoms with van der Waals surface area (Å²) in [5.41, 5.74) is 6.13. The standard InChI is InChI=1S/C12H17NO3/c1-8(2)5-6-16-12(15)10-7-9(14)3-4-11(10)13/h3-4,7-8,14H,5-6,13H2,1-2H3. The van der Waals surface area contributed by atoms with Crippen LogP contribution >= 0.6 is 0 Å². The Labute approximate surface area is 95.0 Å². The lowest BCUT2D eigenvalue weighted by Crippen LogP contribution is -2.10. The molecule has 3 N–H and O–H groups in total. The van der Waals surface area contributed by atoms with Crippen LogP contribution in [0.1, 0.15) is 30.6 Å². The molecule has 0 aliphatic heterocycles. The Morgan fingerprint density at radius 2 is 2.19 bits per heavy atom. The number of benzene rings is 1. The lowest BCUT2D eigenvalue weighted by molar-refractivity contribution is 0.0489. The number of esters is 1. The molecule has 0 bridgehead atoms. The highest BCUT2D eigenvalue weighted by atomic mass is 16.5. The second-order valence-corrected chi connectivity index (χ2v) is 4.09. The molecule has 0 spiro atoms. The predicted molar refractivity (Wildman–Crippen MR) is 62.3 cm³/mol. The number of anilines is 1. The zero-order valence-corrected chi connectivity index (χ0v) is 9.56. The van der Waals surface area contributed by atoms with Crippen LogP contribution in [0.15, 0.2) is 18.2 Å². The van der Waals surface area contributed by atoms with E-state index < -0.39 is 5.97 Å². The minimum atomic E-state index is -0.492. The molecule has 0 fully saturated rings. The maximum Gasteiger partial charge on any atom is 0.340 e. The number of carbonyl (C=O) groups is 1. The van der Waals surface area contributed by atoms with Crippen molar-refractivity contribution in [3.05, 3.63) is 23.8 Å². The number of aromatic hydroxyl groups is 1. The Hall–Kier alpha value is -1.71. The number of phenols is 1. The zero-order chi connectivity index (χ0) is 12.1. The maximum absolute atomic E-state index is 11.6. The van der Waals surface area contributed by atoms with Gasteiger partial charge in [0.05, 0.1) is 12.2 Å². The number of nitrogen functional groups attached to an aromatic ring is 1. The van der Waals surface area contributed by atoms with Crippen LogP contribution in [0.4, 0.5) is 5.69 Å². The van der Waals surface area contributed by atoms with Gasteiger partial charge in [0.1, 0.15) is 5.75 Å². The quantitative estimate of drug-likeness (QED) is 0.466. The first-order chi connectivity index (χ1) is 7.50. The Kier molecular flexibility index (Phi) is 4.17. The Bertz CT molecular complexity index is 375. The second-order valence-electron chi connectivity index (χ2n) is 4.09. The van der Waals surface area contributed by atoms with Gasteiger partial charge in [-0.05, 0) is 30.5 Å². The largest absolute Gasteiger partial charge is 0.508 e. The second kappa shape index (κ2) is 5.39. The molecule has 0 atom stereocenters. The van der Waals surface area contributed by atoms with E-state index in [1.807, 2.05) is 0 Å². The van der Waals surface area contributed by atoms with Crippen molar-refractivity contribution in [2.75, 3.05) is 12.3 Å². The van der Waals surface area contributed by atoms with Crippen LogP contribution in [-0.4, -0.2) is 17.7 Å². The molecular formula is C12H17NO3. The molecule has 1 aromatic carbocycles. The number of hydrogen-bond acceptors (Lipinski definition) is 4. The first-order valence-electron chi connectivity index (χ1n) is 5.26. The van der Waals surface area contributed by atoms with Gasteiger partial charge in [0.15, 0.2) is 0 Å². The summed E-state index contributed by atoms with van der Waals surface area (Å²) in [6.45, 7) is 4.47. The Balaban J connectivity index is 2.62. The average molecular weight is 223 g/mol. The number of carbonyl (C=O) groups excluding carboxylic acids is 1. The van der Waals surface area contributed by atoms with E-state index in [1.165, 1.54) is 18.2 Å². The normalized spacial score (nSPS) is 10.4. The first kappa shape index (κ1) is 12.4. The van der Waals surface area contributed by atoms with Gasteiger partial charge < -0.3 is 15.6 Å². The maximum atomic E-state index is 11.6. The smallest absolute Gasteiger partial charge is 0.340 e. The third-order valence-electron chi connectivity index (χ3n) is 2.19. The van der Waals surface area contributed by atoms with Gasteiger partial charge in [0.2, 0.25) is 0 Å². The average Bonchev–Trinajstić information content (AvgIpc) is 2.21. The predicted octanol–water partition coefficient (Wildman–Crippen LogP) is 2.18. The SMILES string of the molecule is CC(C)CCOC(=O)c1cc(O)ccc1N. The highest BCUT2D eigenvalue weighted by Crippen LogP contribution is 2.19. The van der Waals surface area contributed by atoms with Crippen LogP contribution in [0.2, 0.25) is 0 Å². The Morgan fingerprint density at radius 1 is 1.50 bits per heavy atom. The molecule has 0 radical (unpaired) electrons. The van der Waals surface area contributed by atoms with Crippen LogP contribution in [0, 0.1) is 5.92 Å². The fraction of sp³-hybridized carbons (Fsp3) is 0.417. The van der Waals surface area contributed by atoms with Crippen LogP contribution in [0.25, 0.3) is 0 Å². The van der Waals surface area contributed by atoms with E-state index >= 15 is 0 Å². The van der Waals surface area contributed by atoms with Gasteiger partial charge in [0, 0.05) is 5.69 Å². The summed E-state index contributed by atoms with van der Waals surface area (Å²) in [7, 11) is 0. The fourth-order valence-electron chi connectivity index (χ4n) is 1.19. The molecule has 0 aliphatic rings. The van der Waals surface area contributed by atoms with Gasteiger partial charge in [-0.3, -0.25) is 0 Å². The molecule has 16 heavy (non-hydrogen) atoms. The monoisotopic (exact) mass is 223 g/mol. The highest BCUT2D eigenvalue weighted by Gasteiger charge is 2.12. The van der Waals surface area contributed by atoms with Crippen molar-refractivity contribution in [2.24, 2.45) is 5.92 Å². The van der Waals surface area contributed by atoms with Gasteiger partial charge in [0.25, 0.3) is 0 Å². The van der Waals surface area contributed by atoms with Crippen molar-refractivity contribution in [2.45, 2.75) is 20.3 Å². The van der Waals surface area contributed by atoms with Gasteiger partial charge in [-0.2, -0.15) is 0 Å². The van der Waals surface area contributed by atoms with E-state index in [1.54, 1.807) is 0 Å². The lowest BCUT2D eigenvalue weighted by atomic mass is 10.1.